The Hall–Kier alpha value is -1.39. The lowest BCUT2D eigenvalue weighted by Gasteiger charge is -2.27. The van der Waals surface area contributed by atoms with Gasteiger partial charge in [0, 0.05) is 19.1 Å². The highest BCUT2D eigenvalue weighted by atomic mass is 16.5. The van der Waals surface area contributed by atoms with Gasteiger partial charge in [-0.1, -0.05) is 24.3 Å². The molecule has 0 unspecified atom stereocenters. The molecule has 0 aromatic heterocycles. The highest BCUT2D eigenvalue weighted by molar-refractivity contribution is 5.78. The van der Waals surface area contributed by atoms with Crippen LogP contribution in [0.5, 0.6) is 0 Å². The van der Waals surface area contributed by atoms with Crippen molar-refractivity contribution in [1.82, 2.24) is 10.2 Å². The Morgan fingerprint density at radius 3 is 2.74 bits per heavy atom. The lowest BCUT2D eigenvalue weighted by atomic mass is 10.0. The summed E-state index contributed by atoms with van der Waals surface area (Å²) in [5, 5.41) is 3.30. The third-order valence-corrected chi connectivity index (χ3v) is 3.58. The monoisotopic (exact) mass is 262 g/mol. The number of benzene rings is 1. The van der Waals surface area contributed by atoms with Crippen LogP contribution in [0.1, 0.15) is 24.1 Å². The van der Waals surface area contributed by atoms with Gasteiger partial charge in [0.1, 0.15) is 0 Å². The van der Waals surface area contributed by atoms with E-state index in [1.165, 1.54) is 11.1 Å². The van der Waals surface area contributed by atoms with Crippen molar-refractivity contribution >= 4 is 5.91 Å². The largest absolute Gasteiger partial charge is 0.378 e. The van der Waals surface area contributed by atoms with E-state index in [2.05, 4.69) is 31.3 Å². The van der Waals surface area contributed by atoms with E-state index in [4.69, 9.17) is 4.74 Å². The first-order valence-electron chi connectivity index (χ1n) is 6.83. The molecular formula is C15H22N2O2. The van der Waals surface area contributed by atoms with Crippen LogP contribution >= 0.6 is 0 Å². The second-order valence-electron chi connectivity index (χ2n) is 4.95. The van der Waals surface area contributed by atoms with Gasteiger partial charge in [0.15, 0.2) is 0 Å². The maximum absolute atomic E-state index is 12.0. The summed E-state index contributed by atoms with van der Waals surface area (Å²) in [6.45, 7) is 7.29. The number of carbonyl (C=O) groups is 1. The number of rotatable bonds is 4. The molecule has 0 bridgehead atoms. The first-order valence-corrected chi connectivity index (χ1v) is 6.83. The Kier molecular flexibility index (Phi) is 4.93. The maximum atomic E-state index is 12.0. The molecular weight excluding hydrogens is 240 g/mol. The van der Waals surface area contributed by atoms with Crippen LogP contribution in [0.15, 0.2) is 24.3 Å². The van der Waals surface area contributed by atoms with Gasteiger partial charge in [-0.3, -0.25) is 4.79 Å². The van der Waals surface area contributed by atoms with E-state index in [1.54, 1.807) is 0 Å². The third-order valence-electron chi connectivity index (χ3n) is 3.58. The molecule has 4 heteroatoms. The summed E-state index contributed by atoms with van der Waals surface area (Å²) in [5.41, 5.74) is 2.50. The van der Waals surface area contributed by atoms with Crippen LogP contribution < -0.4 is 5.32 Å². The van der Waals surface area contributed by atoms with Crippen molar-refractivity contribution in [2.24, 2.45) is 0 Å². The van der Waals surface area contributed by atoms with Crippen molar-refractivity contribution < 1.29 is 9.53 Å². The van der Waals surface area contributed by atoms with Gasteiger partial charge in [0.2, 0.25) is 5.91 Å². The van der Waals surface area contributed by atoms with Crippen LogP contribution in [0.2, 0.25) is 0 Å². The van der Waals surface area contributed by atoms with Gasteiger partial charge in [0.25, 0.3) is 0 Å². The summed E-state index contributed by atoms with van der Waals surface area (Å²) in [5.74, 6) is 0.156. The number of amides is 1. The zero-order valence-electron chi connectivity index (χ0n) is 11.7. The van der Waals surface area contributed by atoms with E-state index in [0.29, 0.717) is 32.8 Å². The van der Waals surface area contributed by atoms with Gasteiger partial charge in [-0.25, -0.2) is 0 Å². The second kappa shape index (κ2) is 6.68. The summed E-state index contributed by atoms with van der Waals surface area (Å²) in [7, 11) is 0. The quantitative estimate of drug-likeness (QED) is 0.894. The van der Waals surface area contributed by atoms with E-state index in [9.17, 15) is 4.79 Å². The molecule has 1 aromatic rings. The number of nitrogens with one attached hydrogen (secondary N) is 1. The van der Waals surface area contributed by atoms with E-state index >= 15 is 0 Å². The number of aryl methyl sites for hydroxylation is 1. The number of ether oxygens (including phenoxy) is 1. The van der Waals surface area contributed by atoms with Crippen molar-refractivity contribution in [1.29, 1.82) is 0 Å². The van der Waals surface area contributed by atoms with Crippen molar-refractivity contribution in [2.45, 2.75) is 19.9 Å². The molecule has 1 aliphatic heterocycles. The fourth-order valence-corrected chi connectivity index (χ4v) is 2.35. The molecule has 1 heterocycles. The van der Waals surface area contributed by atoms with Crippen LogP contribution in [0.3, 0.4) is 0 Å². The van der Waals surface area contributed by atoms with Crippen molar-refractivity contribution in [3.05, 3.63) is 35.4 Å². The van der Waals surface area contributed by atoms with E-state index in [1.807, 2.05) is 17.0 Å². The minimum atomic E-state index is 0.156. The smallest absolute Gasteiger partial charge is 0.236 e. The molecule has 0 saturated carbocycles. The molecule has 1 saturated heterocycles. The number of nitrogens with zero attached hydrogens (tertiary/aromatic N) is 1. The SMILES string of the molecule is Cc1ccccc1[C@H](C)NCC(=O)N1CCOCC1. The zero-order chi connectivity index (χ0) is 13.7. The molecule has 0 aliphatic carbocycles. The molecule has 1 atom stereocenters. The Balaban J connectivity index is 1.84. The van der Waals surface area contributed by atoms with Crippen molar-refractivity contribution in [3.63, 3.8) is 0 Å². The summed E-state index contributed by atoms with van der Waals surface area (Å²) in [6.07, 6.45) is 0. The van der Waals surface area contributed by atoms with E-state index in [0.717, 1.165) is 0 Å². The topological polar surface area (TPSA) is 41.6 Å². The Bertz CT molecular complexity index is 428. The molecule has 1 aliphatic rings. The fourth-order valence-electron chi connectivity index (χ4n) is 2.35. The minimum absolute atomic E-state index is 0.156. The number of carbonyl (C=O) groups excluding carboxylic acids is 1. The van der Waals surface area contributed by atoms with Crippen LogP contribution in [0.25, 0.3) is 0 Å². The van der Waals surface area contributed by atoms with E-state index < -0.39 is 0 Å². The molecule has 1 fully saturated rings. The van der Waals surface area contributed by atoms with Crippen LogP contribution in [0, 0.1) is 6.92 Å². The van der Waals surface area contributed by atoms with Crippen molar-refractivity contribution in [3.8, 4) is 0 Å². The summed E-state index contributed by atoms with van der Waals surface area (Å²) < 4.78 is 5.25. The molecule has 1 N–H and O–H groups in total. The van der Waals surface area contributed by atoms with Gasteiger partial charge >= 0.3 is 0 Å². The molecule has 1 aromatic carbocycles. The van der Waals surface area contributed by atoms with Gasteiger partial charge in [-0.2, -0.15) is 0 Å². The summed E-state index contributed by atoms with van der Waals surface area (Å²) in [6, 6.07) is 8.45. The number of hydrogen-bond acceptors (Lipinski definition) is 3. The number of hydrogen-bond donors (Lipinski definition) is 1. The standard InChI is InChI=1S/C15H22N2O2/c1-12-5-3-4-6-14(12)13(2)16-11-15(18)17-7-9-19-10-8-17/h3-6,13,16H,7-11H2,1-2H3/t13-/m0/s1. The maximum Gasteiger partial charge on any atom is 0.236 e. The van der Waals surface area contributed by atoms with Crippen LogP contribution in [-0.2, 0) is 9.53 Å². The second-order valence-corrected chi connectivity index (χ2v) is 4.95. The molecule has 0 radical (unpaired) electrons. The van der Waals surface area contributed by atoms with Gasteiger partial charge in [-0.05, 0) is 25.0 Å². The Morgan fingerprint density at radius 2 is 2.05 bits per heavy atom. The zero-order valence-corrected chi connectivity index (χ0v) is 11.7. The van der Waals surface area contributed by atoms with Gasteiger partial charge in [0.05, 0.1) is 19.8 Å². The molecule has 19 heavy (non-hydrogen) atoms. The van der Waals surface area contributed by atoms with Gasteiger partial charge in [-0.15, -0.1) is 0 Å². The molecule has 104 valence electrons. The predicted octanol–water partition coefficient (Wildman–Crippen LogP) is 1.50. The average molecular weight is 262 g/mol. The fraction of sp³-hybridized carbons (Fsp3) is 0.533. The van der Waals surface area contributed by atoms with Crippen molar-refractivity contribution in [2.75, 3.05) is 32.8 Å². The minimum Gasteiger partial charge on any atom is -0.378 e. The number of morpholine rings is 1. The Morgan fingerprint density at radius 1 is 1.37 bits per heavy atom. The highest BCUT2D eigenvalue weighted by Crippen LogP contribution is 2.16. The van der Waals surface area contributed by atoms with Crippen LogP contribution in [-0.4, -0.2) is 43.7 Å². The highest BCUT2D eigenvalue weighted by Gasteiger charge is 2.17. The normalized spacial score (nSPS) is 17.3. The lowest BCUT2D eigenvalue weighted by Crippen LogP contribution is -2.45. The molecule has 0 spiro atoms. The summed E-state index contributed by atoms with van der Waals surface area (Å²) in [4.78, 5) is 13.9. The van der Waals surface area contributed by atoms with E-state index in [-0.39, 0.29) is 11.9 Å². The summed E-state index contributed by atoms with van der Waals surface area (Å²) >= 11 is 0. The average Bonchev–Trinajstić information content (AvgIpc) is 2.46. The Labute approximate surface area is 114 Å². The third kappa shape index (κ3) is 3.78. The molecule has 2 rings (SSSR count). The predicted molar refractivity (Wildman–Crippen MR) is 75.0 cm³/mol. The lowest BCUT2D eigenvalue weighted by molar-refractivity contribution is -0.134. The van der Waals surface area contributed by atoms with Gasteiger partial charge < -0.3 is 15.0 Å². The molecule has 4 nitrogen and oxygen atoms in total. The van der Waals surface area contributed by atoms with Crippen LogP contribution in [0.4, 0.5) is 0 Å². The molecule has 1 amide bonds. The first kappa shape index (κ1) is 14.0. The first-order chi connectivity index (χ1) is 9.18.